The number of rotatable bonds is 5. The number of nitrogens with one attached hydrogen (secondary N) is 2. The van der Waals surface area contributed by atoms with E-state index in [1.807, 2.05) is 31.2 Å². The molecule has 2 N–H and O–H groups in total. The number of hydrogen-bond donors (Lipinski definition) is 2. The summed E-state index contributed by atoms with van der Waals surface area (Å²) in [5.41, 5.74) is 2.62. The Morgan fingerprint density at radius 1 is 1.21 bits per heavy atom. The van der Waals surface area contributed by atoms with Crippen LogP contribution in [0.1, 0.15) is 5.56 Å². The van der Waals surface area contributed by atoms with Gasteiger partial charge in [-0.2, -0.15) is 5.10 Å². The van der Waals surface area contributed by atoms with Crippen molar-refractivity contribution in [2.24, 2.45) is 0 Å². The molecule has 2 aromatic carbocycles. The summed E-state index contributed by atoms with van der Waals surface area (Å²) in [6.45, 7) is 2.03. The highest BCUT2D eigenvalue weighted by Gasteiger charge is 2.13. The topological polar surface area (TPSA) is 83.0 Å². The highest BCUT2D eigenvalue weighted by molar-refractivity contribution is 8.13. The van der Waals surface area contributed by atoms with Crippen molar-refractivity contribution in [2.45, 2.75) is 18.4 Å². The monoisotopic (exact) mass is 427 g/mol. The second kappa shape index (κ2) is 9.06. The first kappa shape index (κ1) is 20.8. The van der Waals surface area contributed by atoms with Crippen LogP contribution in [0, 0.1) is 11.7 Å². The quantitative estimate of drug-likeness (QED) is 0.468. The van der Waals surface area contributed by atoms with Crippen LogP contribution in [0.4, 0.5) is 10.5 Å². The second-order valence-electron chi connectivity index (χ2n) is 6.64. The Labute approximate surface area is 178 Å². The molecule has 0 aliphatic carbocycles. The zero-order valence-corrected chi connectivity index (χ0v) is 17.9. The fourth-order valence-corrected chi connectivity index (χ4v) is 3.46. The van der Waals surface area contributed by atoms with Gasteiger partial charge in [0.15, 0.2) is 10.6 Å². The van der Waals surface area contributed by atoms with Gasteiger partial charge in [0, 0.05) is 30.2 Å². The molecule has 3 aromatic rings. The van der Waals surface area contributed by atoms with Crippen molar-refractivity contribution < 1.29 is 9.59 Å². The molecular weight excluding hydrogens is 406 g/mol. The molecule has 0 spiro atoms. The van der Waals surface area contributed by atoms with Crippen molar-refractivity contribution in [1.82, 2.24) is 19.7 Å². The maximum absolute atomic E-state index is 12.5. The highest BCUT2D eigenvalue weighted by atomic mass is 32.2. The SMILES string of the molecule is Cc1cccc(-c2n[nH]c(=S)n2CC(=O)Nc2ccc(SC(=O)N(C)C)cc2)c1. The lowest BCUT2D eigenvalue weighted by Gasteiger charge is -2.10. The molecule has 9 heteroatoms. The zero-order valence-electron chi connectivity index (χ0n) is 16.3. The van der Waals surface area contributed by atoms with Crippen LogP contribution < -0.4 is 5.32 Å². The molecular formula is C20H21N5O2S2. The number of aromatic nitrogens is 3. The van der Waals surface area contributed by atoms with Crippen LogP contribution in [0.25, 0.3) is 11.4 Å². The van der Waals surface area contributed by atoms with E-state index in [0.717, 1.165) is 27.8 Å². The van der Waals surface area contributed by atoms with Crippen molar-refractivity contribution in [2.75, 3.05) is 19.4 Å². The number of nitrogens with zero attached hydrogens (tertiary/aromatic N) is 3. The van der Waals surface area contributed by atoms with Crippen LogP contribution in [0.15, 0.2) is 53.4 Å². The molecule has 1 aromatic heterocycles. The van der Waals surface area contributed by atoms with Crippen molar-refractivity contribution in [3.63, 3.8) is 0 Å². The van der Waals surface area contributed by atoms with E-state index in [4.69, 9.17) is 12.2 Å². The van der Waals surface area contributed by atoms with E-state index in [0.29, 0.717) is 16.3 Å². The number of aromatic amines is 1. The van der Waals surface area contributed by atoms with E-state index >= 15 is 0 Å². The lowest BCUT2D eigenvalue weighted by atomic mass is 10.1. The summed E-state index contributed by atoms with van der Waals surface area (Å²) in [5, 5.41) is 9.82. The van der Waals surface area contributed by atoms with E-state index in [9.17, 15) is 9.59 Å². The van der Waals surface area contributed by atoms with Crippen molar-refractivity contribution in [3.8, 4) is 11.4 Å². The summed E-state index contributed by atoms with van der Waals surface area (Å²) in [6, 6.07) is 15.0. The van der Waals surface area contributed by atoms with Crippen LogP contribution >= 0.6 is 24.0 Å². The summed E-state index contributed by atoms with van der Waals surface area (Å²) in [4.78, 5) is 26.6. The van der Waals surface area contributed by atoms with Gasteiger partial charge in [-0.25, -0.2) is 0 Å². The summed E-state index contributed by atoms with van der Waals surface area (Å²) in [7, 11) is 3.41. The van der Waals surface area contributed by atoms with Gasteiger partial charge >= 0.3 is 0 Å². The maximum Gasteiger partial charge on any atom is 0.285 e. The predicted octanol–water partition coefficient (Wildman–Crippen LogP) is 4.33. The minimum absolute atomic E-state index is 0.0359. The van der Waals surface area contributed by atoms with Gasteiger partial charge in [0.2, 0.25) is 5.91 Å². The number of H-pyrrole nitrogens is 1. The first-order valence-electron chi connectivity index (χ1n) is 8.85. The van der Waals surface area contributed by atoms with E-state index in [2.05, 4.69) is 15.5 Å². The van der Waals surface area contributed by atoms with E-state index in [1.165, 1.54) is 4.90 Å². The minimum Gasteiger partial charge on any atom is -0.339 e. The lowest BCUT2D eigenvalue weighted by molar-refractivity contribution is -0.116. The molecule has 0 saturated heterocycles. The van der Waals surface area contributed by atoms with Crippen LogP contribution in [-0.4, -0.2) is 44.9 Å². The van der Waals surface area contributed by atoms with Crippen LogP contribution in [-0.2, 0) is 11.3 Å². The van der Waals surface area contributed by atoms with Crippen molar-refractivity contribution in [1.29, 1.82) is 0 Å². The molecule has 0 fully saturated rings. The second-order valence-corrected chi connectivity index (χ2v) is 8.05. The van der Waals surface area contributed by atoms with Gasteiger partial charge in [-0.05, 0) is 61.2 Å². The van der Waals surface area contributed by atoms with Gasteiger partial charge in [0.05, 0.1) is 0 Å². The van der Waals surface area contributed by atoms with Gasteiger partial charge in [-0.1, -0.05) is 23.8 Å². The molecule has 7 nitrogen and oxygen atoms in total. The van der Waals surface area contributed by atoms with Gasteiger partial charge < -0.3 is 10.2 Å². The Kier molecular flexibility index (Phi) is 6.50. The Hall–Kier alpha value is -2.91. The summed E-state index contributed by atoms with van der Waals surface area (Å²) >= 11 is 6.42. The number of benzene rings is 2. The molecule has 2 amide bonds. The third kappa shape index (κ3) is 5.33. The molecule has 0 bridgehead atoms. The largest absolute Gasteiger partial charge is 0.339 e. The minimum atomic E-state index is -0.221. The number of carbonyl (C=O) groups excluding carboxylic acids is 2. The Balaban J connectivity index is 1.70. The van der Waals surface area contributed by atoms with Gasteiger partial charge in [0.1, 0.15) is 6.54 Å². The van der Waals surface area contributed by atoms with Crippen LogP contribution in [0.3, 0.4) is 0 Å². The van der Waals surface area contributed by atoms with Crippen LogP contribution in [0.5, 0.6) is 0 Å². The molecule has 1 heterocycles. The number of anilines is 1. The molecule has 29 heavy (non-hydrogen) atoms. The zero-order chi connectivity index (χ0) is 21.0. The number of aryl methyl sites for hydroxylation is 1. The van der Waals surface area contributed by atoms with E-state index in [-0.39, 0.29) is 17.7 Å². The van der Waals surface area contributed by atoms with Crippen molar-refractivity contribution >= 4 is 40.8 Å². The van der Waals surface area contributed by atoms with E-state index < -0.39 is 0 Å². The first-order chi connectivity index (χ1) is 13.8. The maximum atomic E-state index is 12.5. The van der Waals surface area contributed by atoms with Crippen molar-refractivity contribution in [3.05, 3.63) is 58.9 Å². The molecule has 3 rings (SSSR count). The smallest absolute Gasteiger partial charge is 0.285 e. The number of hydrogen-bond acceptors (Lipinski definition) is 5. The van der Waals surface area contributed by atoms with Gasteiger partial charge in [-0.3, -0.25) is 19.3 Å². The molecule has 0 radical (unpaired) electrons. The van der Waals surface area contributed by atoms with Crippen LogP contribution in [0.2, 0.25) is 0 Å². The molecule has 0 unspecified atom stereocenters. The van der Waals surface area contributed by atoms with Gasteiger partial charge in [-0.15, -0.1) is 0 Å². The average Bonchev–Trinajstić information content (AvgIpc) is 3.03. The first-order valence-corrected chi connectivity index (χ1v) is 10.1. The third-order valence-corrected chi connectivity index (χ3v) is 5.40. The third-order valence-electron chi connectivity index (χ3n) is 4.04. The predicted molar refractivity (Wildman–Crippen MR) is 118 cm³/mol. The summed E-state index contributed by atoms with van der Waals surface area (Å²) in [6.07, 6.45) is 0. The fourth-order valence-electron chi connectivity index (χ4n) is 2.61. The Morgan fingerprint density at radius 3 is 2.59 bits per heavy atom. The molecule has 0 saturated carbocycles. The normalized spacial score (nSPS) is 10.6. The Morgan fingerprint density at radius 2 is 1.93 bits per heavy atom. The molecule has 0 aliphatic heterocycles. The number of thioether (sulfide) groups is 1. The standard InChI is InChI=1S/C20H21N5O2S2/c1-13-5-4-6-14(11-13)18-22-23-19(28)25(18)12-17(26)21-15-7-9-16(10-8-15)29-20(27)24(2)3/h4-11H,12H2,1-3H3,(H,21,26)(H,23,28). The number of amides is 2. The molecule has 0 atom stereocenters. The highest BCUT2D eigenvalue weighted by Crippen LogP contribution is 2.23. The lowest BCUT2D eigenvalue weighted by Crippen LogP contribution is -2.19. The fraction of sp³-hybridized carbons (Fsp3) is 0.200. The number of carbonyl (C=O) groups is 2. The average molecular weight is 428 g/mol. The summed E-state index contributed by atoms with van der Waals surface area (Å²) < 4.78 is 2.05. The molecule has 150 valence electrons. The van der Waals surface area contributed by atoms with E-state index in [1.54, 1.807) is 42.9 Å². The molecule has 0 aliphatic rings. The Bertz CT molecular complexity index is 1090. The summed E-state index contributed by atoms with van der Waals surface area (Å²) in [5.74, 6) is 0.393. The van der Waals surface area contributed by atoms with Gasteiger partial charge in [0.25, 0.3) is 5.24 Å².